The number of hydrogen-bond donors (Lipinski definition) is 1. The fourth-order valence-corrected chi connectivity index (χ4v) is 1.02. The van der Waals surface area contributed by atoms with Crippen molar-refractivity contribution in [2.75, 3.05) is 0 Å². The Morgan fingerprint density at radius 3 is 2.55 bits per heavy atom. The Hall–Kier alpha value is -0.340. The molecule has 1 atom stereocenters. The molecule has 0 bridgehead atoms. The van der Waals surface area contributed by atoms with Gasteiger partial charge in [-0.15, -0.1) is 0 Å². The largest absolute Gasteiger partial charge is 0.251 e. The molecule has 0 radical (unpaired) electrons. The highest BCUT2D eigenvalue weighted by molar-refractivity contribution is 5.01. The third kappa shape index (κ3) is 4.99. The average Bonchev–Trinajstić information content (AvgIpc) is 2.01. The van der Waals surface area contributed by atoms with E-state index in [2.05, 4.69) is 18.7 Å². The Kier molecular flexibility index (Phi) is 6.18. The SMILES string of the molecule is CCC/C(C)=C\C(CC)OO. The van der Waals surface area contributed by atoms with Crippen LogP contribution in [0.3, 0.4) is 0 Å². The Bertz CT molecular complexity index is 115. The molecule has 1 N–H and O–H groups in total. The molecule has 11 heavy (non-hydrogen) atoms. The molecule has 2 heteroatoms. The molecule has 0 saturated heterocycles. The number of rotatable bonds is 5. The van der Waals surface area contributed by atoms with E-state index in [1.54, 1.807) is 0 Å². The predicted molar refractivity (Wildman–Crippen MR) is 46.5 cm³/mol. The number of hydrogen-bond acceptors (Lipinski definition) is 2. The summed E-state index contributed by atoms with van der Waals surface area (Å²) in [6.07, 6.45) is 4.90. The highest BCUT2D eigenvalue weighted by atomic mass is 17.1. The van der Waals surface area contributed by atoms with Crippen molar-refractivity contribution in [1.82, 2.24) is 0 Å². The zero-order chi connectivity index (χ0) is 8.69. The molecule has 0 aromatic heterocycles. The molecule has 0 heterocycles. The molecule has 0 saturated carbocycles. The Morgan fingerprint density at radius 2 is 2.18 bits per heavy atom. The Labute approximate surface area is 68.8 Å². The Balaban J connectivity index is 3.81. The minimum absolute atomic E-state index is 0.124. The third-order valence-electron chi connectivity index (χ3n) is 1.65. The molecule has 1 unspecified atom stereocenters. The molecule has 66 valence electrons. The molecular weight excluding hydrogens is 140 g/mol. The van der Waals surface area contributed by atoms with Crippen LogP contribution in [0.1, 0.15) is 40.0 Å². The van der Waals surface area contributed by atoms with E-state index < -0.39 is 0 Å². The van der Waals surface area contributed by atoms with Gasteiger partial charge in [0.15, 0.2) is 0 Å². The molecule has 2 nitrogen and oxygen atoms in total. The second-order valence-electron chi connectivity index (χ2n) is 2.82. The molecule has 0 aliphatic rings. The van der Waals surface area contributed by atoms with Gasteiger partial charge in [0, 0.05) is 0 Å². The summed E-state index contributed by atoms with van der Waals surface area (Å²) in [6.45, 7) is 6.18. The summed E-state index contributed by atoms with van der Waals surface area (Å²) in [5.74, 6) is 0. The maximum Gasteiger partial charge on any atom is 0.111 e. The summed E-state index contributed by atoms with van der Waals surface area (Å²) in [5, 5.41) is 8.40. The summed E-state index contributed by atoms with van der Waals surface area (Å²) in [5.41, 5.74) is 1.29. The van der Waals surface area contributed by atoms with Crippen molar-refractivity contribution in [3.05, 3.63) is 11.6 Å². The van der Waals surface area contributed by atoms with Gasteiger partial charge >= 0.3 is 0 Å². The lowest BCUT2D eigenvalue weighted by atomic mass is 10.1. The number of allylic oxidation sites excluding steroid dienone is 1. The van der Waals surface area contributed by atoms with Gasteiger partial charge in [-0.05, 0) is 19.8 Å². The van der Waals surface area contributed by atoms with Crippen LogP contribution in [-0.4, -0.2) is 11.4 Å². The molecule has 0 fully saturated rings. The van der Waals surface area contributed by atoms with Gasteiger partial charge in [0.1, 0.15) is 6.10 Å². The first-order valence-electron chi connectivity index (χ1n) is 4.22. The van der Waals surface area contributed by atoms with Gasteiger partial charge in [-0.3, -0.25) is 5.26 Å². The quantitative estimate of drug-likeness (QED) is 0.378. The summed E-state index contributed by atoms with van der Waals surface area (Å²) < 4.78 is 0. The lowest BCUT2D eigenvalue weighted by molar-refractivity contribution is -0.266. The van der Waals surface area contributed by atoms with Crippen molar-refractivity contribution in [3.63, 3.8) is 0 Å². The van der Waals surface area contributed by atoms with Crippen molar-refractivity contribution in [1.29, 1.82) is 0 Å². The topological polar surface area (TPSA) is 29.5 Å². The molecule has 0 spiro atoms. The first kappa shape index (κ1) is 10.7. The molecule has 0 aromatic rings. The average molecular weight is 158 g/mol. The maximum absolute atomic E-state index is 8.40. The van der Waals surface area contributed by atoms with Crippen molar-refractivity contribution in [2.45, 2.75) is 46.1 Å². The lowest BCUT2D eigenvalue weighted by Crippen LogP contribution is -2.05. The van der Waals surface area contributed by atoms with E-state index >= 15 is 0 Å². The predicted octanol–water partition coefficient (Wildman–Crippen LogP) is 3.00. The van der Waals surface area contributed by atoms with Gasteiger partial charge in [-0.25, -0.2) is 4.89 Å². The minimum atomic E-state index is -0.124. The third-order valence-corrected chi connectivity index (χ3v) is 1.65. The summed E-state index contributed by atoms with van der Waals surface area (Å²) in [7, 11) is 0. The summed E-state index contributed by atoms with van der Waals surface area (Å²) in [6, 6.07) is 0. The van der Waals surface area contributed by atoms with Gasteiger partial charge in [-0.1, -0.05) is 31.9 Å². The highest BCUT2D eigenvalue weighted by Gasteiger charge is 2.00. The van der Waals surface area contributed by atoms with Crippen LogP contribution in [0.25, 0.3) is 0 Å². The van der Waals surface area contributed by atoms with E-state index in [0.717, 1.165) is 19.3 Å². The van der Waals surface area contributed by atoms with Crippen LogP contribution in [-0.2, 0) is 4.89 Å². The summed E-state index contributed by atoms with van der Waals surface area (Å²) >= 11 is 0. The molecule has 0 aliphatic heterocycles. The van der Waals surface area contributed by atoms with Crippen molar-refractivity contribution in [2.24, 2.45) is 0 Å². The molecule has 0 aromatic carbocycles. The van der Waals surface area contributed by atoms with Crippen molar-refractivity contribution in [3.8, 4) is 0 Å². The van der Waals surface area contributed by atoms with Crippen LogP contribution in [0.15, 0.2) is 11.6 Å². The molecule has 0 rings (SSSR count). The molecule has 0 amide bonds. The summed E-state index contributed by atoms with van der Waals surface area (Å²) in [4.78, 5) is 4.24. The van der Waals surface area contributed by atoms with Crippen LogP contribution in [0, 0.1) is 0 Å². The van der Waals surface area contributed by atoms with Gasteiger partial charge in [0.2, 0.25) is 0 Å². The second kappa shape index (κ2) is 6.38. The fraction of sp³-hybridized carbons (Fsp3) is 0.778. The minimum Gasteiger partial charge on any atom is -0.251 e. The lowest BCUT2D eigenvalue weighted by Gasteiger charge is -2.06. The van der Waals surface area contributed by atoms with Crippen molar-refractivity contribution < 1.29 is 10.1 Å². The van der Waals surface area contributed by atoms with Crippen LogP contribution in [0.2, 0.25) is 0 Å². The normalized spacial score (nSPS) is 15.1. The second-order valence-corrected chi connectivity index (χ2v) is 2.82. The van der Waals surface area contributed by atoms with E-state index in [0.29, 0.717) is 0 Å². The first-order chi connectivity index (χ1) is 5.24. The smallest absolute Gasteiger partial charge is 0.111 e. The van der Waals surface area contributed by atoms with E-state index in [-0.39, 0.29) is 6.10 Å². The van der Waals surface area contributed by atoms with Crippen LogP contribution in [0.5, 0.6) is 0 Å². The van der Waals surface area contributed by atoms with Crippen LogP contribution in [0.4, 0.5) is 0 Å². The fourth-order valence-electron chi connectivity index (χ4n) is 1.02. The monoisotopic (exact) mass is 158 g/mol. The van der Waals surface area contributed by atoms with E-state index in [4.69, 9.17) is 5.26 Å². The van der Waals surface area contributed by atoms with Gasteiger partial charge in [-0.2, -0.15) is 0 Å². The van der Waals surface area contributed by atoms with Crippen LogP contribution >= 0.6 is 0 Å². The molecule has 0 aliphatic carbocycles. The van der Waals surface area contributed by atoms with Gasteiger partial charge in [0.25, 0.3) is 0 Å². The maximum atomic E-state index is 8.40. The standard InChI is InChI=1S/C9H18O2/c1-4-6-8(3)7-9(5-2)11-10/h7,9-10H,4-6H2,1-3H3/b8-7-. The van der Waals surface area contributed by atoms with Gasteiger partial charge < -0.3 is 0 Å². The van der Waals surface area contributed by atoms with E-state index in [9.17, 15) is 0 Å². The van der Waals surface area contributed by atoms with Crippen molar-refractivity contribution >= 4 is 0 Å². The first-order valence-corrected chi connectivity index (χ1v) is 4.22. The zero-order valence-corrected chi connectivity index (χ0v) is 7.63. The van der Waals surface area contributed by atoms with E-state index in [1.165, 1.54) is 5.57 Å². The Morgan fingerprint density at radius 1 is 1.55 bits per heavy atom. The highest BCUT2D eigenvalue weighted by Crippen LogP contribution is 2.07. The zero-order valence-electron chi connectivity index (χ0n) is 7.63. The van der Waals surface area contributed by atoms with Gasteiger partial charge in [0.05, 0.1) is 0 Å². The van der Waals surface area contributed by atoms with E-state index in [1.807, 2.05) is 13.0 Å². The molecular formula is C9H18O2. The van der Waals surface area contributed by atoms with Crippen LogP contribution < -0.4 is 0 Å².